The van der Waals surface area contributed by atoms with Crippen molar-refractivity contribution in [3.8, 4) is 0 Å². The minimum absolute atomic E-state index is 1.03. The van der Waals surface area contributed by atoms with Gasteiger partial charge in [-0.05, 0) is 0 Å². The van der Waals surface area contributed by atoms with E-state index in [4.69, 9.17) is 0 Å². The molecule has 0 aromatic carbocycles. The molecule has 10 heavy (non-hydrogen) atoms. The van der Waals surface area contributed by atoms with E-state index in [0.717, 1.165) is 8.97 Å². The van der Waals surface area contributed by atoms with Crippen molar-refractivity contribution in [2.24, 2.45) is 0 Å². The fourth-order valence-electron chi connectivity index (χ4n) is 1.03. The first-order valence-corrected chi connectivity index (χ1v) is 3.77. The zero-order valence-corrected chi connectivity index (χ0v) is 7.46. The smallest absolute Gasteiger partial charge is 0.149 e. The molecule has 1 aliphatic rings. The number of likely N-dealkylation sites (N-methyl/N-ethyl adjacent to an activating group) is 2. The van der Waals surface area contributed by atoms with Gasteiger partial charge >= 0.3 is 0 Å². The maximum absolute atomic E-state index is 2.27. The van der Waals surface area contributed by atoms with Crippen LogP contribution in [0.2, 0.25) is 0 Å². The van der Waals surface area contributed by atoms with Gasteiger partial charge in [-0.2, -0.15) is 0 Å². The van der Waals surface area contributed by atoms with E-state index < -0.39 is 0 Å². The van der Waals surface area contributed by atoms with E-state index in [2.05, 4.69) is 40.6 Å². The van der Waals surface area contributed by atoms with Crippen molar-refractivity contribution in [2.45, 2.75) is 0 Å². The number of hydrogen-bond donors (Lipinski definition) is 0. The fourth-order valence-corrected chi connectivity index (χ4v) is 1.03. The van der Waals surface area contributed by atoms with Gasteiger partial charge in [-0.3, -0.25) is 8.97 Å². The first kappa shape index (κ1) is 7.76. The third-order valence-electron chi connectivity index (χ3n) is 2.13. The second kappa shape index (κ2) is 2.07. The third-order valence-corrected chi connectivity index (χ3v) is 2.13. The van der Waals surface area contributed by atoms with Gasteiger partial charge in [0.25, 0.3) is 0 Å². The highest BCUT2D eigenvalue weighted by Crippen LogP contribution is 2.11. The lowest BCUT2D eigenvalue weighted by Gasteiger charge is -2.35. The largest absolute Gasteiger partial charge is 0.293 e. The molecule has 1 aliphatic heterocycles. The second-order valence-corrected chi connectivity index (χ2v) is 4.30. The Morgan fingerprint density at radius 3 is 1.30 bits per heavy atom. The standard InChI is InChI=1S/C8H18N2/c1-9(2)5-7-10(3,4)8-6-9/h5,7H,6,8H2,1-4H3/q+2. The lowest BCUT2D eigenvalue weighted by atomic mass is 10.3. The summed E-state index contributed by atoms with van der Waals surface area (Å²) in [6.45, 7) is 2.48. The minimum Gasteiger partial charge on any atom is -0.293 e. The molecule has 0 bridgehead atoms. The van der Waals surface area contributed by atoms with Crippen LogP contribution in [0.5, 0.6) is 0 Å². The topological polar surface area (TPSA) is 0 Å². The molecular weight excluding hydrogens is 124 g/mol. The number of quaternary nitrogens is 2. The molecule has 0 fully saturated rings. The summed E-state index contributed by atoms with van der Waals surface area (Å²) in [4.78, 5) is 0. The van der Waals surface area contributed by atoms with Gasteiger partial charge in [0.2, 0.25) is 0 Å². The van der Waals surface area contributed by atoms with Crippen molar-refractivity contribution in [3.05, 3.63) is 12.4 Å². The highest BCUT2D eigenvalue weighted by molar-refractivity contribution is 4.67. The number of hydrogen-bond acceptors (Lipinski definition) is 0. The summed E-state index contributed by atoms with van der Waals surface area (Å²) in [5.41, 5.74) is 0. The molecule has 2 nitrogen and oxygen atoms in total. The zero-order chi connectivity index (χ0) is 7.83. The van der Waals surface area contributed by atoms with E-state index >= 15 is 0 Å². The van der Waals surface area contributed by atoms with Gasteiger partial charge < -0.3 is 0 Å². The number of nitrogens with zero attached hydrogens (tertiary/aromatic N) is 2. The Hall–Kier alpha value is -0.340. The molecule has 58 valence electrons. The van der Waals surface area contributed by atoms with Crippen LogP contribution >= 0.6 is 0 Å². The van der Waals surface area contributed by atoms with Crippen molar-refractivity contribution in [1.29, 1.82) is 0 Å². The molecule has 1 heterocycles. The predicted octanol–water partition coefficient (Wildman–Crippen LogP) is 0.624. The van der Waals surface area contributed by atoms with Crippen LogP contribution in [-0.4, -0.2) is 50.2 Å². The summed E-state index contributed by atoms with van der Waals surface area (Å²) in [7, 11) is 8.93. The Morgan fingerprint density at radius 1 is 0.800 bits per heavy atom. The molecule has 0 atom stereocenters. The van der Waals surface area contributed by atoms with Crippen LogP contribution in [0, 0.1) is 0 Å². The van der Waals surface area contributed by atoms with Crippen molar-refractivity contribution in [1.82, 2.24) is 0 Å². The normalized spacial score (nSPS) is 28.4. The van der Waals surface area contributed by atoms with Crippen LogP contribution in [0.25, 0.3) is 0 Å². The quantitative estimate of drug-likeness (QED) is 0.435. The molecule has 1 rings (SSSR count). The second-order valence-electron chi connectivity index (χ2n) is 4.30. The van der Waals surface area contributed by atoms with E-state index in [1.165, 1.54) is 13.1 Å². The fraction of sp³-hybridized carbons (Fsp3) is 0.750. The summed E-state index contributed by atoms with van der Waals surface area (Å²) in [5.74, 6) is 0. The Morgan fingerprint density at radius 2 is 1.10 bits per heavy atom. The molecule has 0 aromatic rings. The van der Waals surface area contributed by atoms with Crippen molar-refractivity contribution < 1.29 is 8.97 Å². The van der Waals surface area contributed by atoms with Gasteiger partial charge in [-0.1, -0.05) is 0 Å². The van der Waals surface area contributed by atoms with Gasteiger partial charge in [0.15, 0.2) is 0 Å². The van der Waals surface area contributed by atoms with Crippen LogP contribution in [0.15, 0.2) is 12.4 Å². The molecule has 0 spiro atoms. The summed E-state index contributed by atoms with van der Waals surface area (Å²) >= 11 is 0. The molecule has 0 amide bonds. The summed E-state index contributed by atoms with van der Waals surface area (Å²) in [6, 6.07) is 0. The van der Waals surface area contributed by atoms with Crippen LogP contribution in [0.4, 0.5) is 0 Å². The number of rotatable bonds is 0. The van der Waals surface area contributed by atoms with E-state index in [1.807, 2.05) is 0 Å². The van der Waals surface area contributed by atoms with Crippen molar-refractivity contribution in [2.75, 3.05) is 41.3 Å². The Bertz CT molecular complexity index is 139. The minimum atomic E-state index is 1.03. The van der Waals surface area contributed by atoms with Crippen molar-refractivity contribution >= 4 is 0 Å². The molecule has 0 aromatic heterocycles. The van der Waals surface area contributed by atoms with E-state index in [0.29, 0.717) is 0 Å². The highest BCUT2D eigenvalue weighted by Gasteiger charge is 2.25. The molecule has 0 aliphatic carbocycles. The van der Waals surface area contributed by atoms with Gasteiger partial charge in [0, 0.05) is 0 Å². The summed E-state index contributed by atoms with van der Waals surface area (Å²) in [5, 5.41) is 0. The predicted molar refractivity (Wildman–Crippen MR) is 43.1 cm³/mol. The lowest BCUT2D eigenvalue weighted by molar-refractivity contribution is -0.924. The molecule has 0 unspecified atom stereocenters. The highest BCUT2D eigenvalue weighted by atomic mass is 15.4. The van der Waals surface area contributed by atoms with E-state index in [-0.39, 0.29) is 0 Å². The van der Waals surface area contributed by atoms with E-state index in [1.54, 1.807) is 0 Å². The van der Waals surface area contributed by atoms with Gasteiger partial charge in [-0.15, -0.1) is 0 Å². The molecule has 0 saturated carbocycles. The average Bonchev–Trinajstić information content (AvgIpc) is 1.79. The van der Waals surface area contributed by atoms with Crippen LogP contribution in [0.1, 0.15) is 0 Å². The Kier molecular flexibility index (Phi) is 1.61. The third kappa shape index (κ3) is 1.82. The lowest BCUT2D eigenvalue weighted by Crippen LogP contribution is -2.50. The molecule has 0 radical (unpaired) electrons. The first-order chi connectivity index (χ1) is 4.41. The Balaban J connectivity index is 2.70. The molecule has 0 N–H and O–H groups in total. The monoisotopic (exact) mass is 142 g/mol. The SMILES string of the molecule is C[N+]1(C)C=C[N+](C)(C)CC1. The van der Waals surface area contributed by atoms with E-state index in [9.17, 15) is 0 Å². The first-order valence-electron chi connectivity index (χ1n) is 3.77. The Labute approximate surface area is 63.5 Å². The average molecular weight is 142 g/mol. The van der Waals surface area contributed by atoms with Gasteiger partial charge in [-0.25, -0.2) is 0 Å². The summed E-state index contributed by atoms with van der Waals surface area (Å²) in [6.07, 6.45) is 4.53. The molecule has 0 saturated heterocycles. The van der Waals surface area contributed by atoms with Crippen LogP contribution in [0.3, 0.4) is 0 Å². The van der Waals surface area contributed by atoms with Crippen LogP contribution < -0.4 is 0 Å². The maximum atomic E-state index is 2.27. The summed E-state index contributed by atoms with van der Waals surface area (Å²) < 4.78 is 2.06. The van der Waals surface area contributed by atoms with Gasteiger partial charge in [0.05, 0.1) is 28.2 Å². The maximum Gasteiger partial charge on any atom is 0.149 e. The van der Waals surface area contributed by atoms with Crippen LogP contribution in [-0.2, 0) is 0 Å². The van der Waals surface area contributed by atoms with Gasteiger partial charge in [0.1, 0.15) is 25.5 Å². The molecular formula is C8H18N2+2. The van der Waals surface area contributed by atoms with Crippen molar-refractivity contribution in [3.63, 3.8) is 0 Å². The zero-order valence-electron chi connectivity index (χ0n) is 7.46. The molecule has 2 heteroatoms.